The Hall–Kier alpha value is -2.60. The van der Waals surface area contributed by atoms with Gasteiger partial charge in [0.1, 0.15) is 23.2 Å². The first kappa shape index (κ1) is 14.3. The number of hydrogen-bond donors (Lipinski definition) is 1. The van der Waals surface area contributed by atoms with Crippen LogP contribution in [0.2, 0.25) is 0 Å². The number of ether oxygens (including phenoxy) is 1. The van der Waals surface area contributed by atoms with Crippen molar-refractivity contribution in [3.63, 3.8) is 0 Å². The van der Waals surface area contributed by atoms with E-state index in [2.05, 4.69) is 5.16 Å². The van der Waals surface area contributed by atoms with Crippen LogP contribution in [0.25, 0.3) is 5.76 Å². The van der Waals surface area contributed by atoms with Crippen molar-refractivity contribution in [2.24, 2.45) is 0 Å². The van der Waals surface area contributed by atoms with Gasteiger partial charge in [-0.3, -0.25) is 4.90 Å². The van der Waals surface area contributed by atoms with Crippen LogP contribution in [0.5, 0.6) is 0 Å². The number of rotatable bonds is 2. The number of aryl methyl sites for hydroxylation is 2. The summed E-state index contributed by atoms with van der Waals surface area (Å²) in [6.07, 6.45) is 0.192. The van der Waals surface area contributed by atoms with E-state index < -0.39 is 12.2 Å². The third-order valence-corrected chi connectivity index (χ3v) is 3.66. The van der Waals surface area contributed by atoms with Gasteiger partial charge in [0.25, 0.3) is 0 Å². The van der Waals surface area contributed by atoms with Gasteiger partial charge in [-0.1, -0.05) is 29.4 Å². The fourth-order valence-electron chi connectivity index (χ4n) is 2.60. The predicted octanol–water partition coefficient (Wildman–Crippen LogP) is 2.95. The molecule has 1 unspecified atom stereocenters. The smallest absolute Gasteiger partial charge is 0.410 e. The first-order valence-corrected chi connectivity index (χ1v) is 6.86. The molecular weight excluding hydrogens is 284 g/mol. The fourth-order valence-corrected chi connectivity index (χ4v) is 2.60. The van der Waals surface area contributed by atoms with Gasteiger partial charge in [-0.25, -0.2) is 4.79 Å². The molecular formula is C16H16N2O4. The Morgan fingerprint density at radius 1 is 1.36 bits per heavy atom. The van der Waals surface area contributed by atoms with Gasteiger partial charge >= 0.3 is 6.09 Å². The number of benzene rings is 1. The van der Waals surface area contributed by atoms with Crippen LogP contribution < -0.4 is 4.90 Å². The van der Waals surface area contributed by atoms with Crippen molar-refractivity contribution >= 4 is 17.5 Å². The highest BCUT2D eigenvalue weighted by atomic mass is 16.6. The van der Waals surface area contributed by atoms with Gasteiger partial charge in [0.15, 0.2) is 5.76 Å². The zero-order chi connectivity index (χ0) is 15.9. The molecule has 1 heterocycles. The highest BCUT2D eigenvalue weighted by Gasteiger charge is 2.27. The van der Waals surface area contributed by atoms with Crippen molar-refractivity contribution in [2.75, 3.05) is 11.9 Å². The SMILES string of the molecule is Cc1noc(C)c1N(C)C(=O)OC1=CC(O)c2ccccc21. The third-order valence-electron chi connectivity index (χ3n) is 3.66. The van der Waals surface area contributed by atoms with E-state index in [-0.39, 0.29) is 0 Å². The van der Waals surface area contributed by atoms with Crippen LogP contribution in [0.15, 0.2) is 34.9 Å². The Morgan fingerprint density at radius 3 is 2.77 bits per heavy atom. The molecule has 22 heavy (non-hydrogen) atoms. The first-order chi connectivity index (χ1) is 10.5. The van der Waals surface area contributed by atoms with Crippen molar-refractivity contribution in [3.05, 3.63) is 52.9 Å². The van der Waals surface area contributed by atoms with Crippen LogP contribution in [0.4, 0.5) is 10.5 Å². The summed E-state index contributed by atoms with van der Waals surface area (Å²) in [5, 5.41) is 13.8. The molecule has 1 amide bonds. The Kier molecular flexibility index (Phi) is 3.46. The Labute approximate surface area is 127 Å². The summed E-state index contributed by atoms with van der Waals surface area (Å²) in [6.45, 7) is 3.48. The van der Waals surface area contributed by atoms with Gasteiger partial charge in [0.2, 0.25) is 0 Å². The summed E-state index contributed by atoms with van der Waals surface area (Å²) < 4.78 is 10.5. The first-order valence-electron chi connectivity index (χ1n) is 6.86. The molecule has 0 radical (unpaired) electrons. The largest absolute Gasteiger partial charge is 0.419 e. The van der Waals surface area contributed by atoms with Crippen LogP contribution in [0, 0.1) is 13.8 Å². The second-order valence-electron chi connectivity index (χ2n) is 5.16. The van der Waals surface area contributed by atoms with E-state index in [1.165, 1.54) is 11.0 Å². The van der Waals surface area contributed by atoms with E-state index in [0.29, 0.717) is 22.9 Å². The van der Waals surface area contributed by atoms with E-state index in [1.54, 1.807) is 33.0 Å². The van der Waals surface area contributed by atoms with E-state index in [1.807, 2.05) is 12.1 Å². The van der Waals surface area contributed by atoms with Crippen molar-refractivity contribution in [2.45, 2.75) is 20.0 Å². The maximum Gasteiger partial charge on any atom is 0.419 e. The van der Waals surface area contributed by atoms with Gasteiger partial charge in [-0.15, -0.1) is 0 Å². The van der Waals surface area contributed by atoms with Crippen LogP contribution in [0.1, 0.15) is 28.7 Å². The Balaban J connectivity index is 1.83. The molecule has 1 aromatic heterocycles. The van der Waals surface area contributed by atoms with E-state index in [4.69, 9.17) is 9.26 Å². The van der Waals surface area contributed by atoms with Crippen molar-refractivity contribution < 1.29 is 19.2 Å². The lowest BCUT2D eigenvalue weighted by Gasteiger charge is -2.17. The normalized spacial score (nSPS) is 16.2. The monoisotopic (exact) mass is 300 g/mol. The number of aromatic nitrogens is 1. The molecule has 114 valence electrons. The number of hydrogen-bond acceptors (Lipinski definition) is 5. The molecule has 3 rings (SSSR count). The van der Waals surface area contributed by atoms with Crippen LogP contribution in [-0.2, 0) is 4.74 Å². The third kappa shape index (κ3) is 2.27. The van der Waals surface area contributed by atoms with Gasteiger partial charge in [-0.05, 0) is 25.5 Å². The minimum Gasteiger partial charge on any atom is -0.410 e. The Bertz CT molecular complexity index is 744. The Morgan fingerprint density at radius 2 is 2.09 bits per heavy atom. The summed E-state index contributed by atoms with van der Waals surface area (Å²) in [4.78, 5) is 13.7. The molecule has 2 aromatic rings. The average molecular weight is 300 g/mol. The van der Waals surface area contributed by atoms with E-state index in [9.17, 15) is 9.90 Å². The van der Waals surface area contributed by atoms with Gasteiger partial charge in [0, 0.05) is 12.6 Å². The molecule has 0 fully saturated rings. The molecule has 1 atom stereocenters. The number of aliphatic hydroxyl groups is 1. The molecule has 0 saturated carbocycles. The molecule has 0 saturated heterocycles. The molecule has 1 aliphatic carbocycles. The van der Waals surface area contributed by atoms with E-state index >= 15 is 0 Å². The second-order valence-corrected chi connectivity index (χ2v) is 5.16. The number of anilines is 1. The maximum atomic E-state index is 12.3. The van der Waals surface area contributed by atoms with Crippen molar-refractivity contribution in [1.29, 1.82) is 0 Å². The second kappa shape index (κ2) is 5.31. The van der Waals surface area contributed by atoms with Gasteiger partial charge in [-0.2, -0.15) is 0 Å². The van der Waals surface area contributed by atoms with Crippen molar-refractivity contribution in [1.82, 2.24) is 5.16 Å². The minimum atomic E-state index is -0.761. The van der Waals surface area contributed by atoms with Crippen LogP contribution in [-0.4, -0.2) is 23.4 Å². The van der Waals surface area contributed by atoms with Gasteiger partial charge < -0.3 is 14.4 Å². The zero-order valence-corrected chi connectivity index (χ0v) is 12.5. The topological polar surface area (TPSA) is 75.8 Å². The molecule has 1 aliphatic rings. The molecule has 0 bridgehead atoms. The van der Waals surface area contributed by atoms with Crippen LogP contribution >= 0.6 is 0 Å². The molecule has 1 aromatic carbocycles. The van der Waals surface area contributed by atoms with Gasteiger partial charge in [0.05, 0.1) is 0 Å². The number of carbonyl (C=O) groups is 1. The summed E-state index contributed by atoms with van der Waals surface area (Å²) in [7, 11) is 1.59. The lowest BCUT2D eigenvalue weighted by atomic mass is 10.1. The minimum absolute atomic E-state index is 0.353. The number of nitrogens with zero attached hydrogens (tertiary/aromatic N) is 2. The molecule has 6 nitrogen and oxygen atoms in total. The molecule has 0 spiro atoms. The lowest BCUT2D eigenvalue weighted by molar-refractivity contribution is 0.199. The summed E-state index contributed by atoms with van der Waals surface area (Å²) in [5.41, 5.74) is 2.64. The highest BCUT2D eigenvalue weighted by molar-refractivity contribution is 5.92. The fraction of sp³-hybridized carbons (Fsp3) is 0.250. The number of fused-ring (bicyclic) bond motifs is 1. The lowest BCUT2D eigenvalue weighted by Crippen LogP contribution is -2.27. The number of amides is 1. The quantitative estimate of drug-likeness (QED) is 0.922. The predicted molar refractivity (Wildman–Crippen MR) is 80.2 cm³/mol. The molecule has 0 aliphatic heterocycles. The summed E-state index contributed by atoms with van der Waals surface area (Å²) >= 11 is 0. The average Bonchev–Trinajstić information content (AvgIpc) is 2.99. The molecule has 6 heteroatoms. The maximum absolute atomic E-state index is 12.3. The zero-order valence-electron chi connectivity index (χ0n) is 12.5. The summed E-state index contributed by atoms with van der Waals surface area (Å²) in [6, 6.07) is 7.27. The standard InChI is InChI=1S/C16H16N2O4/c1-9-15(10(2)22-17-9)18(3)16(20)21-14-8-13(19)11-6-4-5-7-12(11)14/h4-8,13,19H,1-3H3. The number of carbonyl (C=O) groups excluding carboxylic acids is 1. The highest BCUT2D eigenvalue weighted by Crippen LogP contribution is 2.35. The summed E-state index contributed by atoms with van der Waals surface area (Å²) in [5.74, 6) is 0.893. The van der Waals surface area contributed by atoms with Crippen LogP contribution in [0.3, 0.4) is 0 Å². The van der Waals surface area contributed by atoms with Crippen molar-refractivity contribution in [3.8, 4) is 0 Å². The number of aliphatic hydroxyl groups excluding tert-OH is 1. The molecule has 1 N–H and O–H groups in total. The van der Waals surface area contributed by atoms with E-state index in [0.717, 1.165) is 11.1 Å².